The fourth-order valence-electron chi connectivity index (χ4n) is 2.24. The van der Waals surface area contributed by atoms with Crippen molar-refractivity contribution < 1.29 is 9.59 Å². The van der Waals surface area contributed by atoms with Crippen molar-refractivity contribution in [3.05, 3.63) is 57.6 Å². The van der Waals surface area contributed by atoms with Crippen molar-refractivity contribution in [1.29, 1.82) is 0 Å². The molecule has 0 aliphatic carbocycles. The van der Waals surface area contributed by atoms with Crippen LogP contribution < -0.4 is 10.6 Å². The van der Waals surface area contributed by atoms with Crippen LogP contribution in [-0.4, -0.2) is 16.8 Å². The summed E-state index contributed by atoms with van der Waals surface area (Å²) in [5.41, 5.74) is 3.58. The molecule has 2 amide bonds. The number of nitrogens with zero attached hydrogens (tertiary/aromatic N) is 1. The van der Waals surface area contributed by atoms with Gasteiger partial charge in [0.25, 0.3) is 0 Å². The van der Waals surface area contributed by atoms with Gasteiger partial charge in [-0.1, -0.05) is 12.1 Å². The van der Waals surface area contributed by atoms with Gasteiger partial charge in [-0.05, 0) is 42.1 Å². The highest BCUT2D eigenvalue weighted by atomic mass is 32.1. The Hall–Kier alpha value is -2.77. The highest BCUT2D eigenvalue weighted by Crippen LogP contribution is 2.26. The molecule has 7 heteroatoms. The lowest BCUT2D eigenvalue weighted by molar-refractivity contribution is -0.114. The Morgan fingerprint density at radius 1 is 1.08 bits per heavy atom. The molecule has 2 aromatic heterocycles. The van der Waals surface area contributed by atoms with Crippen molar-refractivity contribution in [3.8, 4) is 11.3 Å². The van der Waals surface area contributed by atoms with Crippen LogP contribution in [0, 0.1) is 6.92 Å². The SMILES string of the molecule is CC(=O)Nc1ccc(-c2csc(NC(=O)/C=C/c3sccc3C)n2)cc1. The third kappa shape index (κ3) is 4.65. The van der Waals surface area contributed by atoms with E-state index < -0.39 is 0 Å². The van der Waals surface area contributed by atoms with Gasteiger partial charge in [-0.3, -0.25) is 14.9 Å². The van der Waals surface area contributed by atoms with Crippen molar-refractivity contribution in [2.45, 2.75) is 13.8 Å². The third-order valence-electron chi connectivity index (χ3n) is 3.52. The largest absolute Gasteiger partial charge is 0.326 e. The Morgan fingerprint density at radius 2 is 1.85 bits per heavy atom. The molecule has 2 heterocycles. The first-order valence-electron chi connectivity index (χ1n) is 7.88. The van der Waals surface area contributed by atoms with Gasteiger partial charge >= 0.3 is 0 Å². The van der Waals surface area contributed by atoms with E-state index >= 15 is 0 Å². The lowest BCUT2D eigenvalue weighted by Gasteiger charge is -2.02. The number of aryl methyl sites for hydroxylation is 1. The molecule has 0 atom stereocenters. The molecule has 132 valence electrons. The highest BCUT2D eigenvalue weighted by molar-refractivity contribution is 7.14. The molecule has 5 nitrogen and oxygen atoms in total. The molecule has 26 heavy (non-hydrogen) atoms. The molecule has 3 rings (SSSR count). The number of thiophene rings is 1. The quantitative estimate of drug-likeness (QED) is 0.622. The Kier molecular flexibility index (Phi) is 5.60. The predicted molar refractivity (Wildman–Crippen MR) is 109 cm³/mol. The number of benzene rings is 1. The second kappa shape index (κ2) is 8.07. The average molecular weight is 383 g/mol. The van der Waals surface area contributed by atoms with Gasteiger partial charge in [0.05, 0.1) is 5.69 Å². The lowest BCUT2D eigenvalue weighted by Crippen LogP contribution is -2.07. The van der Waals surface area contributed by atoms with E-state index in [9.17, 15) is 9.59 Å². The molecular weight excluding hydrogens is 366 g/mol. The van der Waals surface area contributed by atoms with Gasteiger partial charge < -0.3 is 5.32 Å². The highest BCUT2D eigenvalue weighted by Gasteiger charge is 2.07. The second-order valence-corrected chi connectivity index (χ2v) is 7.39. The first kappa shape index (κ1) is 18.0. The van der Waals surface area contributed by atoms with E-state index in [1.807, 2.05) is 54.1 Å². The van der Waals surface area contributed by atoms with E-state index in [1.165, 1.54) is 24.3 Å². The summed E-state index contributed by atoms with van der Waals surface area (Å²) in [5.74, 6) is -0.318. The number of carbonyl (C=O) groups excluding carboxylic acids is 2. The molecule has 1 aromatic carbocycles. The lowest BCUT2D eigenvalue weighted by atomic mass is 10.1. The van der Waals surface area contributed by atoms with Crippen LogP contribution in [0.3, 0.4) is 0 Å². The van der Waals surface area contributed by atoms with Crippen LogP contribution in [0.1, 0.15) is 17.4 Å². The molecule has 3 aromatic rings. The molecule has 0 saturated heterocycles. The minimum Gasteiger partial charge on any atom is -0.326 e. The molecule has 0 aliphatic rings. The van der Waals surface area contributed by atoms with Gasteiger partial charge in [0, 0.05) is 34.5 Å². The van der Waals surface area contributed by atoms with Gasteiger partial charge in [-0.2, -0.15) is 0 Å². The van der Waals surface area contributed by atoms with Gasteiger partial charge in [0.1, 0.15) is 0 Å². The van der Waals surface area contributed by atoms with Crippen LogP contribution in [0.15, 0.2) is 47.2 Å². The summed E-state index contributed by atoms with van der Waals surface area (Å²) in [6, 6.07) is 9.42. The Bertz CT molecular complexity index is 955. The van der Waals surface area contributed by atoms with Crippen molar-refractivity contribution in [2.75, 3.05) is 10.6 Å². The fourth-order valence-corrected chi connectivity index (χ4v) is 3.79. The number of anilines is 2. The predicted octanol–water partition coefficient (Wildman–Crippen LogP) is 4.79. The standard InChI is InChI=1S/C19H17N3O2S2/c1-12-9-10-25-17(12)7-8-18(24)22-19-21-16(11-26-19)14-3-5-15(6-4-14)20-13(2)23/h3-11H,1-2H3,(H,20,23)(H,21,22,24)/b8-7+. The molecule has 0 saturated carbocycles. The molecule has 0 spiro atoms. The Morgan fingerprint density at radius 3 is 2.50 bits per heavy atom. The zero-order valence-electron chi connectivity index (χ0n) is 14.3. The van der Waals surface area contributed by atoms with E-state index in [2.05, 4.69) is 15.6 Å². The summed E-state index contributed by atoms with van der Waals surface area (Å²) in [7, 11) is 0. The summed E-state index contributed by atoms with van der Waals surface area (Å²) >= 11 is 2.97. The van der Waals surface area contributed by atoms with Crippen LogP contribution in [0.25, 0.3) is 17.3 Å². The van der Waals surface area contributed by atoms with Crippen molar-refractivity contribution in [3.63, 3.8) is 0 Å². The number of rotatable bonds is 5. The fraction of sp³-hybridized carbons (Fsp3) is 0.105. The number of hydrogen-bond donors (Lipinski definition) is 2. The van der Waals surface area contributed by atoms with E-state index in [1.54, 1.807) is 11.3 Å². The van der Waals surface area contributed by atoms with Crippen LogP contribution in [-0.2, 0) is 9.59 Å². The summed E-state index contributed by atoms with van der Waals surface area (Å²) in [6.07, 6.45) is 3.33. The van der Waals surface area contributed by atoms with E-state index in [0.29, 0.717) is 5.13 Å². The zero-order chi connectivity index (χ0) is 18.5. The second-order valence-electron chi connectivity index (χ2n) is 5.59. The number of carbonyl (C=O) groups is 2. The maximum Gasteiger partial charge on any atom is 0.250 e. The van der Waals surface area contributed by atoms with Gasteiger partial charge in [0.2, 0.25) is 11.8 Å². The van der Waals surface area contributed by atoms with Crippen LogP contribution in [0.4, 0.5) is 10.8 Å². The normalized spacial score (nSPS) is 10.8. The Labute approximate surface area is 159 Å². The molecule has 2 N–H and O–H groups in total. The summed E-state index contributed by atoms with van der Waals surface area (Å²) in [5, 5.41) is 9.93. The number of hydrogen-bond acceptors (Lipinski definition) is 5. The summed E-state index contributed by atoms with van der Waals surface area (Å²) in [6.45, 7) is 3.48. The van der Waals surface area contributed by atoms with Gasteiger partial charge in [-0.15, -0.1) is 22.7 Å². The molecule has 0 unspecified atom stereocenters. The van der Waals surface area contributed by atoms with E-state index in [-0.39, 0.29) is 11.8 Å². The summed E-state index contributed by atoms with van der Waals surface area (Å²) < 4.78 is 0. The van der Waals surface area contributed by atoms with Crippen molar-refractivity contribution in [1.82, 2.24) is 4.98 Å². The van der Waals surface area contributed by atoms with Crippen molar-refractivity contribution in [2.24, 2.45) is 0 Å². The third-order valence-corrected chi connectivity index (χ3v) is 5.27. The zero-order valence-corrected chi connectivity index (χ0v) is 15.9. The average Bonchev–Trinajstić information content (AvgIpc) is 3.22. The van der Waals surface area contributed by atoms with E-state index in [0.717, 1.165) is 27.4 Å². The number of thiazole rings is 1. The van der Waals surface area contributed by atoms with Gasteiger partial charge in [0.15, 0.2) is 5.13 Å². The first-order valence-corrected chi connectivity index (χ1v) is 9.64. The molecule has 0 fully saturated rings. The maximum atomic E-state index is 12.0. The maximum absolute atomic E-state index is 12.0. The number of nitrogens with one attached hydrogen (secondary N) is 2. The van der Waals surface area contributed by atoms with Crippen molar-refractivity contribution >= 4 is 51.4 Å². The minimum absolute atomic E-state index is 0.109. The molecular formula is C19H17N3O2S2. The van der Waals surface area contributed by atoms with Crippen LogP contribution >= 0.6 is 22.7 Å². The van der Waals surface area contributed by atoms with Crippen LogP contribution in [0.5, 0.6) is 0 Å². The first-order chi connectivity index (χ1) is 12.5. The Balaban J connectivity index is 1.64. The molecule has 0 aliphatic heterocycles. The van der Waals surface area contributed by atoms with Crippen LogP contribution in [0.2, 0.25) is 0 Å². The monoisotopic (exact) mass is 383 g/mol. The van der Waals surface area contributed by atoms with E-state index in [4.69, 9.17) is 0 Å². The van der Waals surface area contributed by atoms with Gasteiger partial charge in [-0.25, -0.2) is 4.98 Å². The molecule has 0 bridgehead atoms. The smallest absolute Gasteiger partial charge is 0.250 e. The molecule has 0 radical (unpaired) electrons. The topological polar surface area (TPSA) is 71.1 Å². The minimum atomic E-state index is -0.209. The summed E-state index contributed by atoms with van der Waals surface area (Å²) in [4.78, 5) is 28.6. The number of aromatic nitrogens is 1. The number of amides is 2.